The molecule has 3 nitrogen and oxygen atoms in total. The van der Waals surface area contributed by atoms with Gasteiger partial charge in [-0.3, -0.25) is 4.79 Å². The molecule has 1 amide bonds. The van der Waals surface area contributed by atoms with Crippen LogP contribution < -0.4 is 0 Å². The van der Waals surface area contributed by atoms with Crippen LogP contribution in [-0.4, -0.2) is 21.9 Å². The fourth-order valence-electron chi connectivity index (χ4n) is 4.35. The molecule has 0 bridgehead atoms. The van der Waals surface area contributed by atoms with Gasteiger partial charge in [0.1, 0.15) is 0 Å². The summed E-state index contributed by atoms with van der Waals surface area (Å²) in [6, 6.07) is 14.8. The van der Waals surface area contributed by atoms with Gasteiger partial charge in [-0.1, -0.05) is 75.8 Å². The van der Waals surface area contributed by atoms with Crippen LogP contribution >= 0.6 is 0 Å². The first-order valence-corrected chi connectivity index (χ1v) is 11.2. The molecule has 3 rings (SSSR count). The number of benzene rings is 1. The highest BCUT2D eigenvalue weighted by atomic mass is 16.2. The van der Waals surface area contributed by atoms with Crippen LogP contribution in [0.4, 0.5) is 0 Å². The van der Waals surface area contributed by atoms with Gasteiger partial charge in [-0.05, 0) is 36.5 Å². The van der Waals surface area contributed by atoms with E-state index in [9.17, 15) is 4.79 Å². The standard InChI is InChI=1S/C25H36N2O/c1-2-3-9-18-27(25(28)17-16-22-11-7-8-12-22)21-24-15-10-19-26(24)20-23-13-5-4-6-14-23/h4-6,10,13-15,19,22H,2-3,7-9,11-12,16-18,20-21H2,1H3. The Kier molecular flexibility index (Phi) is 8.20. The zero-order chi connectivity index (χ0) is 19.6. The van der Waals surface area contributed by atoms with Crippen molar-refractivity contribution in [1.29, 1.82) is 0 Å². The Bertz CT molecular complexity index is 700. The summed E-state index contributed by atoms with van der Waals surface area (Å²) < 4.78 is 2.28. The van der Waals surface area contributed by atoms with Gasteiger partial charge in [-0.15, -0.1) is 0 Å². The molecule has 1 aliphatic carbocycles. The minimum atomic E-state index is 0.343. The van der Waals surface area contributed by atoms with Crippen LogP contribution in [0.15, 0.2) is 48.7 Å². The van der Waals surface area contributed by atoms with Crippen LogP contribution in [0.2, 0.25) is 0 Å². The van der Waals surface area contributed by atoms with Gasteiger partial charge in [0, 0.05) is 31.4 Å². The maximum absolute atomic E-state index is 13.0. The number of amides is 1. The minimum absolute atomic E-state index is 0.343. The minimum Gasteiger partial charge on any atom is -0.345 e. The van der Waals surface area contributed by atoms with E-state index in [1.807, 2.05) is 0 Å². The molecule has 1 fully saturated rings. The highest BCUT2D eigenvalue weighted by Crippen LogP contribution is 2.29. The summed E-state index contributed by atoms with van der Waals surface area (Å²) in [6.07, 6.45) is 12.8. The van der Waals surface area contributed by atoms with Crippen molar-refractivity contribution < 1.29 is 4.79 Å². The van der Waals surface area contributed by atoms with Crippen molar-refractivity contribution in [3.05, 3.63) is 59.9 Å². The molecule has 0 aliphatic heterocycles. The molecule has 3 heteroatoms. The number of aromatic nitrogens is 1. The van der Waals surface area contributed by atoms with Crippen molar-refractivity contribution in [2.24, 2.45) is 5.92 Å². The maximum atomic E-state index is 13.0. The van der Waals surface area contributed by atoms with Crippen molar-refractivity contribution in [3.63, 3.8) is 0 Å². The molecule has 0 unspecified atom stereocenters. The Labute approximate surface area is 170 Å². The lowest BCUT2D eigenvalue weighted by molar-refractivity contribution is -0.132. The monoisotopic (exact) mass is 380 g/mol. The third-order valence-corrected chi connectivity index (χ3v) is 6.10. The first-order valence-electron chi connectivity index (χ1n) is 11.2. The molecule has 0 N–H and O–H groups in total. The lowest BCUT2D eigenvalue weighted by atomic mass is 10.0. The van der Waals surface area contributed by atoms with Crippen LogP contribution in [0.1, 0.15) is 76.0 Å². The van der Waals surface area contributed by atoms with Gasteiger partial charge in [0.05, 0.1) is 6.54 Å². The Balaban J connectivity index is 1.61. The number of hydrogen-bond acceptors (Lipinski definition) is 1. The fraction of sp³-hybridized carbons (Fsp3) is 0.560. The number of rotatable bonds is 11. The van der Waals surface area contributed by atoms with Crippen molar-refractivity contribution >= 4 is 5.91 Å². The molecule has 1 saturated carbocycles. The van der Waals surface area contributed by atoms with Gasteiger partial charge >= 0.3 is 0 Å². The molecule has 1 heterocycles. The molecule has 1 aliphatic rings. The van der Waals surface area contributed by atoms with E-state index < -0.39 is 0 Å². The molecule has 0 atom stereocenters. The Morgan fingerprint density at radius 1 is 1.07 bits per heavy atom. The molecule has 0 radical (unpaired) electrons. The second-order valence-corrected chi connectivity index (χ2v) is 8.32. The third-order valence-electron chi connectivity index (χ3n) is 6.10. The third kappa shape index (κ3) is 6.25. The molecule has 1 aromatic carbocycles. The largest absolute Gasteiger partial charge is 0.345 e. The van der Waals surface area contributed by atoms with E-state index in [1.54, 1.807) is 0 Å². The summed E-state index contributed by atoms with van der Waals surface area (Å²) in [4.78, 5) is 15.1. The van der Waals surface area contributed by atoms with Gasteiger partial charge in [-0.25, -0.2) is 0 Å². The van der Waals surface area contributed by atoms with Gasteiger partial charge < -0.3 is 9.47 Å². The predicted molar refractivity (Wildman–Crippen MR) is 116 cm³/mol. The normalized spacial score (nSPS) is 14.5. The van der Waals surface area contributed by atoms with E-state index in [2.05, 4.69) is 65.1 Å². The second kappa shape index (κ2) is 11.1. The summed E-state index contributed by atoms with van der Waals surface area (Å²) >= 11 is 0. The van der Waals surface area contributed by atoms with Crippen LogP contribution in [0.5, 0.6) is 0 Å². The molecule has 2 aromatic rings. The topological polar surface area (TPSA) is 25.2 Å². The lowest BCUT2D eigenvalue weighted by Crippen LogP contribution is -2.32. The van der Waals surface area contributed by atoms with E-state index in [1.165, 1.54) is 49.8 Å². The van der Waals surface area contributed by atoms with E-state index in [-0.39, 0.29) is 0 Å². The zero-order valence-electron chi connectivity index (χ0n) is 17.5. The van der Waals surface area contributed by atoms with E-state index in [0.29, 0.717) is 5.91 Å². The van der Waals surface area contributed by atoms with Crippen LogP contribution in [-0.2, 0) is 17.9 Å². The van der Waals surface area contributed by atoms with Gasteiger partial charge in [0.25, 0.3) is 0 Å². The lowest BCUT2D eigenvalue weighted by Gasteiger charge is -2.24. The summed E-state index contributed by atoms with van der Waals surface area (Å²) in [5.74, 6) is 1.12. The first-order chi connectivity index (χ1) is 13.8. The second-order valence-electron chi connectivity index (χ2n) is 8.32. The Morgan fingerprint density at radius 2 is 1.86 bits per heavy atom. The van der Waals surface area contributed by atoms with Crippen molar-refractivity contribution in [1.82, 2.24) is 9.47 Å². The Morgan fingerprint density at radius 3 is 2.61 bits per heavy atom. The van der Waals surface area contributed by atoms with Crippen molar-refractivity contribution in [2.45, 2.75) is 77.8 Å². The number of carbonyl (C=O) groups is 1. The number of unbranched alkanes of at least 4 members (excludes halogenated alkanes) is 2. The maximum Gasteiger partial charge on any atom is 0.222 e. The number of hydrogen-bond donors (Lipinski definition) is 0. The zero-order valence-corrected chi connectivity index (χ0v) is 17.5. The summed E-state index contributed by atoms with van der Waals surface area (Å²) in [5.41, 5.74) is 2.53. The number of nitrogens with zero attached hydrogens (tertiary/aromatic N) is 2. The average Bonchev–Trinajstić information content (AvgIpc) is 3.38. The highest BCUT2D eigenvalue weighted by Gasteiger charge is 2.20. The molecular formula is C25H36N2O. The van der Waals surface area contributed by atoms with E-state index >= 15 is 0 Å². The molecular weight excluding hydrogens is 344 g/mol. The number of carbonyl (C=O) groups excluding carboxylic acids is 1. The van der Waals surface area contributed by atoms with E-state index in [0.717, 1.165) is 44.8 Å². The molecule has 28 heavy (non-hydrogen) atoms. The van der Waals surface area contributed by atoms with E-state index in [4.69, 9.17) is 0 Å². The van der Waals surface area contributed by atoms with Gasteiger partial charge in [0.2, 0.25) is 5.91 Å². The average molecular weight is 381 g/mol. The van der Waals surface area contributed by atoms with Gasteiger partial charge in [0.15, 0.2) is 0 Å². The van der Waals surface area contributed by atoms with Gasteiger partial charge in [-0.2, -0.15) is 0 Å². The molecule has 152 valence electrons. The Hall–Kier alpha value is -2.03. The van der Waals surface area contributed by atoms with Crippen molar-refractivity contribution in [3.8, 4) is 0 Å². The van der Waals surface area contributed by atoms with Crippen LogP contribution in [0.3, 0.4) is 0 Å². The molecule has 0 saturated heterocycles. The smallest absolute Gasteiger partial charge is 0.222 e. The molecule has 1 aromatic heterocycles. The highest BCUT2D eigenvalue weighted by molar-refractivity contribution is 5.76. The quantitative estimate of drug-likeness (QED) is 0.437. The van der Waals surface area contributed by atoms with Crippen LogP contribution in [0.25, 0.3) is 0 Å². The summed E-state index contributed by atoms with van der Waals surface area (Å²) in [7, 11) is 0. The summed E-state index contributed by atoms with van der Waals surface area (Å²) in [5, 5.41) is 0. The first kappa shape index (κ1) is 20.7. The van der Waals surface area contributed by atoms with Crippen LogP contribution in [0, 0.1) is 5.92 Å². The fourth-order valence-corrected chi connectivity index (χ4v) is 4.35. The molecule has 0 spiro atoms. The SMILES string of the molecule is CCCCCN(Cc1cccn1Cc1ccccc1)C(=O)CCC1CCCC1. The summed E-state index contributed by atoms with van der Waals surface area (Å²) in [6.45, 7) is 4.69. The predicted octanol–water partition coefficient (Wildman–Crippen LogP) is 6.03. The van der Waals surface area contributed by atoms with Crippen molar-refractivity contribution in [2.75, 3.05) is 6.54 Å².